The molecule has 0 unspecified atom stereocenters. The Morgan fingerprint density at radius 3 is 2.13 bits per heavy atom. The summed E-state index contributed by atoms with van der Waals surface area (Å²) in [6.07, 6.45) is 5.03. The van der Waals surface area contributed by atoms with E-state index >= 15 is 0 Å². The van der Waals surface area contributed by atoms with Gasteiger partial charge in [0.1, 0.15) is 12.2 Å². The molecule has 15 heavy (non-hydrogen) atoms. The van der Waals surface area contributed by atoms with Crippen LogP contribution in [-0.4, -0.2) is 41.7 Å². The van der Waals surface area contributed by atoms with E-state index in [1.807, 2.05) is 0 Å². The molecule has 0 N–H and O–H groups in total. The molecule has 0 radical (unpaired) electrons. The SMILES string of the molecule is C#CCO[P@@](=O)(CCl)N(CCCl)CCCl. The van der Waals surface area contributed by atoms with Crippen LogP contribution in [0.1, 0.15) is 0 Å². The van der Waals surface area contributed by atoms with Crippen molar-refractivity contribution in [3.05, 3.63) is 0 Å². The fourth-order valence-corrected chi connectivity index (χ4v) is 3.72. The lowest BCUT2D eigenvalue weighted by Crippen LogP contribution is -2.26. The zero-order chi connectivity index (χ0) is 11.7. The Kier molecular flexibility index (Phi) is 9.04. The Morgan fingerprint density at radius 2 is 1.80 bits per heavy atom. The quantitative estimate of drug-likeness (QED) is 0.391. The maximum Gasteiger partial charge on any atom is 0.287 e. The standard InChI is InChI=1S/C8H13Cl3NO2P/c1-2-7-14-15(13,8-11)12(5-3-9)6-4-10/h1H,3-8H2/t15-/m0/s1. The summed E-state index contributed by atoms with van der Waals surface area (Å²) in [7, 11) is -3.07. The molecule has 0 amide bonds. The number of hydrogen-bond acceptors (Lipinski definition) is 2. The largest absolute Gasteiger partial charge is 0.304 e. The van der Waals surface area contributed by atoms with E-state index in [1.54, 1.807) is 4.67 Å². The third-order valence-electron chi connectivity index (χ3n) is 1.62. The van der Waals surface area contributed by atoms with Crippen molar-refractivity contribution >= 4 is 42.3 Å². The first-order chi connectivity index (χ1) is 7.14. The lowest BCUT2D eigenvalue weighted by molar-refractivity contribution is 0.299. The van der Waals surface area contributed by atoms with Crippen LogP contribution in [0.5, 0.6) is 0 Å². The van der Waals surface area contributed by atoms with Crippen LogP contribution in [0.15, 0.2) is 0 Å². The Bertz CT molecular complexity index is 251. The number of hydrogen-bond donors (Lipinski definition) is 0. The monoisotopic (exact) mass is 291 g/mol. The molecule has 0 aliphatic rings. The van der Waals surface area contributed by atoms with Crippen LogP contribution in [0.4, 0.5) is 0 Å². The zero-order valence-corrected chi connectivity index (χ0v) is 11.3. The first-order valence-electron chi connectivity index (χ1n) is 4.25. The molecule has 0 fully saturated rings. The second-order valence-electron chi connectivity index (χ2n) is 2.57. The highest BCUT2D eigenvalue weighted by Gasteiger charge is 2.29. The third kappa shape index (κ3) is 5.45. The van der Waals surface area contributed by atoms with Crippen molar-refractivity contribution in [3.63, 3.8) is 0 Å². The van der Waals surface area contributed by atoms with E-state index in [4.69, 9.17) is 45.7 Å². The maximum absolute atomic E-state index is 12.2. The molecule has 0 rings (SSSR count). The minimum absolute atomic E-state index is 0.0366. The Hall–Kier alpha value is 0.580. The van der Waals surface area contributed by atoms with Gasteiger partial charge >= 0.3 is 0 Å². The first-order valence-corrected chi connectivity index (χ1v) is 7.61. The van der Waals surface area contributed by atoms with Crippen LogP contribution in [-0.2, 0) is 9.09 Å². The summed E-state index contributed by atoms with van der Waals surface area (Å²) in [5, 5.41) is 0. The summed E-state index contributed by atoms with van der Waals surface area (Å²) in [5.41, 5.74) is -0.123. The van der Waals surface area contributed by atoms with Crippen LogP contribution in [0, 0.1) is 12.3 Å². The molecule has 0 spiro atoms. The van der Waals surface area contributed by atoms with E-state index in [0.717, 1.165) is 0 Å². The van der Waals surface area contributed by atoms with Crippen molar-refractivity contribution in [2.24, 2.45) is 0 Å². The van der Waals surface area contributed by atoms with Gasteiger partial charge in [0, 0.05) is 24.8 Å². The van der Waals surface area contributed by atoms with E-state index in [-0.39, 0.29) is 12.2 Å². The zero-order valence-electron chi connectivity index (χ0n) is 8.16. The van der Waals surface area contributed by atoms with Crippen LogP contribution in [0.25, 0.3) is 0 Å². The smallest absolute Gasteiger partial charge is 0.287 e. The maximum atomic E-state index is 12.2. The summed E-state index contributed by atoms with van der Waals surface area (Å²) < 4.78 is 18.8. The van der Waals surface area contributed by atoms with E-state index in [2.05, 4.69) is 5.92 Å². The van der Waals surface area contributed by atoms with Gasteiger partial charge in [-0.1, -0.05) is 5.92 Å². The number of nitrogens with zero attached hydrogens (tertiary/aromatic N) is 1. The highest BCUT2D eigenvalue weighted by Crippen LogP contribution is 2.51. The molecular weight excluding hydrogens is 279 g/mol. The molecule has 0 aromatic carbocycles. The average Bonchev–Trinajstić information content (AvgIpc) is 2.25. The number of halogens is 3. The highest BCUT2D eigenvalue weighted by atomic mass is 35.5. The molecule has 0 bridgehead atoms. The summed E-state index contributed by atoms with van der Waals surface area (Å²) in [5.74, 6) is 2.91. The molecular formula is C8H13Cl3NO2P. The number of alkyl halides is 3. The normalized spacial score (nSPS) is 14.9. The van der Waals surface area contributed by atoms with Gasteiger partial charge in [-0.3, -0.25) is 4.57 Å². The molecule has 0 aromatic rings. The number of terminal acetylenes is 1. The Morgan fingerprint density at radius 1 is 1.27 bits per heavy atom. The van der Waals surface area contributed by atoms with Crippen molar-refractivity contribution in [3.8, 4) is 12.3 Å². The molecule has 88 valence electrons. The van der Waals surface area contributed by atoms with Gasteiger partial charge in [-0.2, -0.15) is 0 Å². The molecule has 0 saturated heterocycles. The molecule has 0 aliphatic heterocycles. The Labute approximate surface area is 106 Å². The second-order valence-corrected chi connectivity index (χ2v) is 6.38. The summed E-state index contributed by atoms with van der Waals surface area (Å²) in [4.78, 5) is 0. The van der Waals surface area contributed by atoms with Crippen molar-refractivity contribution in [1.29, 1.82) is 0 Å². The van der Waals surface area contributed by atoms with E-state index < -0.39 is 7.52 Å². The summed E-state index contributed by atoms with van der Waals surface area (Å²) in [6.45, 7) is 0.775. The summed E-state index contributed by atoms with van der Waals surface area (Å²) >= 11 is 16.8. The lowest BCUT2D eigenvalue weighted by Gasteiger charge is -2.27. The van der Waals surface area contributed by atoms with E-state index in [9.17, 15) is 4.57 Å². The molecule has 0 aromatic heterocycles. The topological polar surface area (TPSA) is 29.5 Å². The fourth-order valence-electron chi connectivity index (χ4n) is 0.942. The van der Waals surface area contributed by atoms with Gasteiger partial charge in [0.25, 0.3) is 7.52 Å². The van der Waals surface area contributed by atoms with Gasteiger partial charge in [0.15, 0.2) is 0 Å². The van der Waals surface area contributed by atoms with Gasteiger partial charge < -0.3 is 4.52 Å². The van der Waals surface area contributed by atoms with Gasteiger partial charge in [-0.05, 0) is 0 Å². The predicted molar refractivity (Wildman–Crippen MR) is 66.1 cm³/mol. The van der Waals surface area contributed by atoms with Crippen LogP contribution >= 0.6 is 42.3 Å². The van der Waals surface area contributed by atoms with Crippen molar-refractivity contribution in [2.75, 3.05) is 37.1 Å². The van der Waals surface area contributed by atoms with Gasteiger partial charge in [0.2, 0.25) is 0 Å². The van der Waals surface area contributed by atoms with E-state index in [0.29, 0.717) is 24.8 Å². The molecule has 1 atom stereocenters. The van der Waals surface area contributed by atoms with Crippen molar-refractivity contribution < 1.29 is 9.09 Å². The lowest BCUT2D eigenvalue weighted by atomic mass is 10.6. The first kappa shape index (κ1) is 15.6. The minimum atomic E-state index is -3.07. The summed E-state index contributed by atoms with van der Waals surface area (Å²) in [6, 6.07) is 0. The molecule has 7 heteroatoms. The highest BCUT2D eigenvalue weighted by molar-refractivity contribution is 7.58. The van der Waals surface area contributed by atoms with Crippen molar-refractivity contribution in [1.82, 2.24) is 4.67 Å². The molecule has 0 saturated carbocycles. The second kappa shape index (κ2) is 8.70. The van der Waals surface area contributed by atoms with Crippen LogP contribution < -0.4 is 0 Å². The Balaban J connectivity index is 4.54. The fraction of sp³-hybridized carbons (Fsp3) is 0.750. The third-order valence-corrected chi connectivity index (χ3v) is 4.96. The van der Waals surface area contributed by atoms with Gasteiger partial charge in [-0.15, -0.1) is 41.2 Å². The van der Waals surface area contributed by atoms with Gasteiger partial charge in [-0.25, -0.2) is 4.67 Å². The molecule has 0 heterocycles. The predicted octanol–water partition coefficient (Wildman–Crippen LogP) is 2.81. The van der Waals surface area contributed by atoms with Crippen LogP contribution in [0.3, 0.4) is 0 Å². The van der Waals surface area contributed by atoms with Gasteiger partial charge in [0.05, 0.1) is 0 Å². The average molecular weight is 293 g/mol. The molecule has 3 nitrogen and oxygen atoms in total. The van der Waals surface area contributed by atoms with Crippen LogP contribution in [0.2, 0.25) is 0 Å². The molecule has 0 aliphatic carbocycles. The van der Waals surface area contributed by atoms with Crippen molar-refractivity contribution in [2.45, 2.75) is 0 Å². The number of rotatable bonds is 8. The minimum Gasteiger partial charge on any atom is -0.304 e. The van der Waals surface area contributed by atoms with E-state index in [1.165, 1.54) is 0 Å².